The lowest BCUT2D eigenvalue weighted by Crippen LogP contribution is -2.62. The van der Waals surface area contributed by atoms with Crippen LogP contribution in [0, 0.1) is 5.41 Å². The van der Waals surface area contributed by atoms with Crippen LogP contribution >= 0.6 is 11.6 Å². The largest absolute Gasteiger partial charge is 0.450 e. The maximum Gasteiger partial charge on any atom is 0.411 e. The van der Waals surface area contributed by atoms with Crippen molar-refractivity contribution in [3.8, 4) is 0 Å². The number of rotatable bonds is 3. The van der Waals surface area contributed by atoms with Crippen molar-refractivity contribution >= 4 is 23.6 Å². The highest BCUT2D eigenvalue weighted by molar-refractivity contribution is 6.30. The zero-order valence-electron chi connectivity index (χ0n) is 14.6. The molecule has 1 aliphatic rings. The molecule has 2 amide bonds. The Kier molecular flexibility index (Phi) is 5.75. The van der Waals surface area contributed by atoms with E-state index in [2.05, 4.69) is 19.2 Å². The Morgan fingerprint density at radius 2 is 1.96 bits per heavy atom. The van der Waals surface area contributed by atoms with Gasteiger partial charge in [0.2, 0.25) is 5.91 Å². The van der Waals surface area contributed by atoms with E-state index in [0.29, 0.717) is 18.2 Å². The van der Waals surface area contributed by atoms with Gasteiger partial charge in [0.15, 0.2) is 0 Å². The van der Waals surface area contributed by atoms with Crippen molar-refractivity contribution in [2.24, 2.45) is 5.41 Å². The molecule has 2 unspecified atom stereocenters. The Morgan fingerprint density at radius 3 is 2.50 bits per heavy atom. The fourth-order valence-electron chi connectivity index (χ4n) is 3.51. The summed E-state index contributed by atoms with van der Waals surface area (Å²) in [6, 6.07) is 7.77. The van der Waals surface area contributed by atoms with Gasteiger partial charge < -0.3 is 10.1 Å². The number of hydrogen-bond donors (Lipinski definition) is 1. The van der Waals surface area contributed by atoms with Crippen LogP contribution in [0.4, 0.5) is 4.79 Å². The van der Waals surface area contributed by atoms with Crippen LogP contribution in [0.15, 0.2) is 24.3 Å². The van der Waals surface area contributed by atoms with Crippen molar-refractivity contribution < 1.29 is 14.3 Å². The Labute approximate surface area is 148 Å². The van der Waals surface area contributed by atoms with Gasteiger partial charge in [0, 0.05) is 23.9 Å². The summed E-state index contributed by atoms with van der Waals surface area (Å²) < 4.78 is 5.16. The standard InChI is InChI=1S/C18H25ClN2O3/c1-5-24-17(23)21-11-10-15(13-6-8-14(19)9-7-13)18(3,4)16(21)20-12(2)22/h6-9,15-16H,5,10-11H2,1-4H3,(H,20,22). The number of amides is 2. The maximum atomic E-state index is 12.3. The van der Waals surface area contributed by atoms with Crippen molar-refractivity contribution in [2.75, 3.05) is 13.2 Å². The van der Waals surface area contributed by atoms with Gasteiger partial charge in [-0.25, -0.2) is 4.79 Å². The third kappa shape index (κ3) is 3.83. The molecule has 1 heterocycles. The van der Waals surface area contributed by atoms with Crippen molar-refractivity contribution in [1.82, 2.24) is 10.2 Å². The molecule has 1 aromatic rings. The molecule has 132 valence electrons. The van der Waals surface area contributed by atoms with E-state index in [1.807, 2.05) is 24.3 Å². The second-order valence-corrected chi connectivity index (χ2v) is 7.15. The average Bonchev–Trinajstić information content (AvgIpc) is 2.50. The van der Waals surface area contributed by atoms with E-state index in [1.54, 1.807) is 11.8 Å². The van der Waals surface area contributed by atoms with Crippen molar-refractivity contribution in [2.45, 2.75) is 46.2 Å². The quantitative estimate of drug-likeness (QED) is 0.900. The number of carbonyl (C=O) groups is 2. The van der Waals surface area contributed by atoms with Gasteiger partial charge in [0.1, 0.15) is 6.17 Å². The molecule has 1 N–H and O–H groups in total. The molecule has 0 aliphatic carbocycles. The predicted molar refractivity (Wildman–Crippen MR) is 93.9 cm³/mol. The molecule has 0 saturated carbocycles. The Bertz CT molecular complexity index is 601. The molecule has 1 aliphatic heterocycles. The van der Waals surface area contributed by atoms with E-state index in [9.17, 15) is 9.59 Å². The van der Waals surface area contributed by atoms with E-state index in [0.717, 1.165) is 12.0 Å². The summed E-state index contributed by atoms with van der Waals surface area (Å²) in [6.07, 6.45) is -0.0221. The van der Waals surface area contributed by atoms with Gasteiger partial charge in [0.05, 0.1) is 6.61 Å². The third-order valence-electron chi connectivity index (χ3n) is 4.69. The van der Waals surface area contributed by atoms with E-state index in [-0.39, 0.29) is 23.3 Å². The highest BCUT2D eigenvalue weighted by atomic mass is 35.5. The smallest absolute Gasteiger partial charge is 0.411 e. The number of hydrogen-bond acceptors (Lipinski definition) is 3. The molecular weight excluding hydrogens is 328 g/mol. The Hall–Kier alpha value is -1.75. The van der Waals surface area contributed by atoms with Gasteiger partial charge in [-0.15, -0.1) is 0 Å². The number of carbonyl (C=O) groups excluding carboxylic acids is 2. The first-order valence-corrected chi connectivity index (χ1v) is 8.61. The highest BCUT2D eigenvalue weighted by Crippen LogP contribution is 2.45. The van der Waals surface area contributed by atoms with Crippen LogP contribution < -0.4 is 5.32 Å². The van der Waals surface area contributed by atoms with Gasteiger partial charge in [0.25, 0.3) is 0 Å². The number of piperidine rings is 1. The normalized spacial score (nSPS) is 22.8. The van der Waals surface area contributed by atoms with Crippen LogP contribution in [-0.4, -0.2) is 36.2 Å². The van der Waals surface area contributed by atoms with Crippen LogP contribution in [0.2, 0.25) is 5.02 Å². The Morgan fingerprint density at radius 1 is 1.33 bits per heavy atom. The van der Waals surface area contributed by atoms with Crippen LogP contribution in [0.3, 0.4) is 0 Å². The fraction of sp³-hybridized carbons (Fsp3) is 0.556. The molecule has 1 aromatic carbocycles. The number of ether oxygens (including phenoxy) is 1. The lowest BCUT2D eigenvalue weighted by atomic mass is 9.68. The van der Waals surface area contributed by atoms with Gasteiger partial charge in [-0.2, -0.15) is 0 Å². The van der Waals surface area contributed by atoms with Crippen molar-refractivity contribution in [3.63, 3.8) is 0 Å². The number of nitrogens with one attached hydrogen (secondary N) is 1. The van der Waals surface area contributed by atoms with Gasteiger partial charge in [-0.1, -0.05) is 37.6 Å². The number of likely N-dealkylation sites (tertiary alicyclic amines) is 1. The van der Waals surface area contributed by atoms with E-state index in [1.165, 1.54) is 6.92 Å². The highest BCUT2D eigenvalue weighted by Gasteiger charge is 2.47. The predicted octanol–water partition coefficient (Wildman–Crippen LogP) is 3.77. The minimum absolute atomic E-state index is 0.167. The second-order valence-electron chi connectivity index (χ2n) is 6.71. The van der Waals surface area contributed by atoms with Crippen LogP contribution in [-0.2, 0) is 9.53 Å². The number of nitrogens with zero attached hydrogens (tertiary/aromatic N) is 1. The summed E-state index contributed by atoms with van der Waals surface area (Å²) in [6.45, 7) is 8.21. The average molecular weight is 353 g/mol. The molecule has 0 aromatic heterocycles. The molecule has 5 nitrogen and oxygen atoms in total. The summed E-state index contributed by atoms with van der Waals surface area (Å²) >= 11 is 5.99. The molecule has 1 saturated heterocycles. The molecular formula is C18H25ClN2O3. The lowest BCUT2D eigenvalue weighted by molar-refractivity contribution is -0.123. The zero-order chi connectivity index (χ0) is 17.9. The molecule has 6 heteroatoms. The minimum Gasteiger partial charge on any atom is -0.450 e. The summed E-state index contributed by atoms with van der Waals surface area (Å²) in [5, 5.41) is 3.63. The van der Waals surface area contributed by atoms with Gasteiger partial charge in [-0.05, 0) is 37.0 Å². The van der Waals surface area contributed by atoms with Crippen LogP contribution in [0.1, 0.15) is 45.6 Å². The van der Waals surface area contributed by atoms with E-state index in [4.69, 9.17) is 16.3 Å². The summed E-state index contributed by atoms with van der Waals surface area (Å²) in [4.78, 5) is 25.6. The Balaban J connectivity index is 2.34. The zero-order valence-corrected chi connectivity index (χ0v) is 15.4. The first-order chi connectivity index (χ1) is 11.3. The topological polar surface area (TPSA) is 58.6 Å². The van der Waals surface area contributed by atoms with Crippen molar-refractivity contribution in [1.29, 1.82) is 0 Å². The maximum absolute atomic E-state index is 12.3. The first-order valence-electron chi connectivity index (χ1n) is 8.23. The summed E-state index contributed by atoms with van der Waals surface area (Å²) in [7, 11) is 0. The molecule has 0 radical (unpaired) electrons. The molecule has 2 atom stereocenters. The van der Waals surface area contributed by atoms with E-state index < -0.39 is 6.17 Å². The fourth-order valence-corrected chi connectivity index (χ4v) is 3.64. The summed E-state index contributed by atoms with van der Waals surface area (Å²) in [5.41, 5.74) is 0.799. The SMILES string of the molecule is CCOC(=O)N1CCC(c2ccc(Cl)cc2)C(C)(C)C1NC(C)=O. The molecule has 0 bridgehead atoms. The lowest BCUT2D eigenvalue weighted by Gasteiger charge is -2.50. The summed E-state index contributed by atoms with van der Waals surface area (Å²) in [5.74, 6) is 0.0245. The minimum atomic E-state index is -0.427. The van der Waals surface area contributed by atoms with Crippen LogP contribution in [0.5, 0.6) is 0 Å². The van der Waals surface area contributed by atoms with Crippen LogP contribution in [0.25, 0.3) is 0 Å². The van der Waals surface area contributed by atoms with Crippen molar-refractivity contribution in [3.05, 3.63) is 34.9 Å². The van der Waals surface area contributed by atoms with E-state index >= 15 is 0 Å². The van der Waals surface area contributed by atoms with Gasteiger partial charge >= 0.3 is 6.09 Å². The molecule has 0 spiro atoms. The molecule has 1 fully saturated rings. The number of benzene rings is 1. The molecule has 2 rings (SSSR count). The number of halogens is 1. The monoisotopic (exact) mass is 352 g/mol. The van der Waals surface area contributed by atoms with Gasteiger partial charge in [-0.3, -0.25) is 9.69 Å². The second kappa shape index (κ2) is 7.43. The molecule has 24 heavy (non-hydrogen) atoms. The first kappa shape index (κ1) is 18.6. The third-order valence-corrected chi connectivity index (χ3v) is 4.94.